The standard InChI is InChI=1S/C15H27N3O2S/c1-11-3-2-4-13(9-11)21-10-14(19)18-7-5-12(6-8-18)15(20)17-16/h11-13H,2-10,16H2,1H3,(H,17,20). The second-order valence-corrected chi connectivity index (χ2v) is 7.66. The normalized spacial score (nSPS) is 27.4. The summed E-state index contributed by atoms with van der Waals surface area (Å²) in [5.74, 6) is 6.63. The molecule has 21 heavy (non-hydrogen) atoms. The van der Waals surface area contributed by atoms with Crippen LogP contribution in [0.1, 0.15) is 45.4 Å². The molecule has 5 nitrogen and oxygen atoms in total. The maximum absolute atomic E-state index is 12.2. The van der Waals surface area contributed by atoms with E-state index in [0.717, 1.165) is 18.8 Å². The fourth-order valence-corrected chi connectivity index (χ4v) is 4.68. The summed E-state index contributed by atoms with van der Waals surface area (Å²) in [5.41, 5.74) is 2.20. The fourth-order valence-electron chi connectivity index (χ4n) is 3.32. The second-order valence-electron chi connectivity index (χ2n) is 6.37. The Bertz CT molecular complexity index is 370. The number of nitrogens with two attached hydrogens (primary N) is 1. The van der Waals surface area contributed by atoms with Gasteiger partial charge in [0.05, 0.1) is 5.75 Å². The molecular formula is C15H27N3O2S. The molecule has 2 amide bonds. The lowest BCUT2D eigenvalue weighted by Gasteiger charge is -2.32. The number of hydrogen-bond acceptors (Lipinski definition) is 4. The first-order valence-electron chi connectivity index (χ1n) is 8.00. The van der Waals surface area contributed by atoms with E-state index in [1.807, 2.05) is 16.7 Å². The lowest BCUT2D eigenvalue weighted by Crippen LogP contribution is -2.45. The number of nitrogens with zero attached hydrogens (tertiary/aromatic N) is 1. The third kappa shape index (κ3) is 4.88. The molecule has 2 atom stereocenters. The van der Waals surface area contributed by atoms with Crippen LogP contribution in [-0.2, 0) is 9.59 Å². The van der Waals surface area contributed by atoms with Gasteiger partial charge in [0.25, 0.3) is 0 Å². The minimum absolute atomic E-state index is 0.0362. The minimum Gasteiger partial charge on any atom is -0.342 e. The molecule has 0 bridgehead atoms. The topological polar surface area (TPSA) is 75.4 Å². The van der Waals surface area contributed by atoms with E-state index >= 15 is 0 Å². The van der Waals surface area contributed by atoms with Gasteiger partial charge < -0.3 is 4.90 Å². The van der Waals surface area contributed by atoms with Gasteiger partial charge in [0.1, 0.15) is 0 Å². The average molecular weight is 313 g/mol. The molecule has 1 saturated heterocycles. The van der Waals surface area contributed by atoms with Crippen LogP contribution in [0, 0.1) is 11.8 Å². The van der Waals surface area contributed by atoms with E-state index in [9.17, 15) is 9.59 Å². The van der Waals surface area contributed by atoms with Gasteiger partial charge in [0, 0.05) is 24.3 Å². The highest BCUT2D eigenvalue weighted by Crippen LogP contribution is 2.32. The lowest BCUT2D eigenvalue weighted by molar-refractivity contribution is -0.133. The van der Waals surface area contributed by atoms with Crippen LogP contribution in [0.15, 0.2) is 0 Å². The van der Waals surface area contributed by atoms with E-state index in [-0.39, 0.29) is 17.7 Å². The van der Waals surface area contributed by atoms with Crippen molar-refractivity contribution in [3.8, 4) is 0 Å². The molecular weight excluding hydrogens is 286 g/mol. The predicted molar refractivity (Wildman–Crippen MR) is 85.5 cm³/mol. The van der Waals surface area contributed by atoms with E-state index in [0.29, 0.717) is 24.1 Å². The van der Waals surface area contributed by atoms with Gasteiger partial charge in [0.15, 0.2) is 0 Å². The van der Waals surface area contributed by atoms with Crippen molar-refractivity contribution < 1.29 is 9.59 Å². The first-order valence-corrected chi connectivity index (χ1v) is 9.05. The van der Waals surface area contributed by atoms with Crippen LogP contribution in [0.3, 0.4) is 0 Å². The zero-order valence-corrected chi connectivity index (χ0v) is 13.7. The number of thioether (sulfide) groups is 1. The van der Waals surface area contributed by atoms with Gasteiger partial charge >= 0.3 is 0 Å². The highest BCUT2D eigenvalue weighted by atomic mass is 32.2. The van der Waals surface area contributed by atoms with Gasteiger partial charge in [-0.05, 0) is 31.6 Å². The van der Waals surface area contributed by atoms with E-state index in [4.69, 9.17) is 5.84 Å². The van der Waals surface area contributed by atoms with Crippen molar-refractivity contribution in [1.82, 2.24) is 10.3 Å². The first-order chi connectivity index (χ1) is 10.1. The Kier molecular flexibility index (Phi) is 6.36. The first kappa shape index (κ1) is 16.6. The van der Waals surface area contributed by atoms with Crippen molar-refractivity contribution in [3.63, 3.8) is 0 Å². The molecule has 2 aliphatic rings. The second kappa shape index (κ2) is 8.03. The zero-order valence-electron chi connectivity index (χ0n) is 12.8. The quantitative estimate of drug-likeness (QED) is 0.469. The number of rotatable bonds is 4. The third-order valence-corrected chi connectivity index (χ3v) is 6.00. The molecule has 1 saturated carbocycles. The number of amides is 2. The summed E-state index contributed by atoms with van der Waals surface area (Å²) < 4.78 is 0. The lowest BCUT2D eigenvalue weighted by atomic mass is 9.91. The maximum atomic E-state index is 12.2. The fraction of sp³-hybridized carbons (Fsp3) is 0.867. The molecule has 0 aromatic rings. The molecule has 1 aliphatic carbocycles. The van der Waals surface area contributed by atoms with E-state index in [2.05, 4.69) is 12.3 Å². The van der Waals surface area contributed by atoms with Crippen molar-refractivity contribution in [2.45, 2.75) is 50.7 Å². The molecule has 2 fully saturated rings. The number of carbonyl (C=O) groups is 2. The summed E-state index contributed by atoms with van der Waals surface area (Å²) in [6.45, 7) is 3.67. The van der Waals surface area contributed by atoms with Crippen molar-refractivity contribution in [3.05, 3.63) is 0 Å². The number of hydrogen-bond donors (Lipinski definition) is 2. The van der Waals surface area contributed by atoms with E-state index in [1.54, 1.807) is 0 Å². The summed E-state index contributed by atoms with van der Waals surface area (Å²) in [5, 5.41) is 0.651. The van der Waals surface area contributed by atoms with Gasteiger partial charge in [-0.1, -0.05) is 19.8 Å². The molecule has 0 aromatic heterocycles. The van der Waals surface area contributed by atoms with Crippen LogP contribution in [0.2, 0.25) is 0 Å². The molecule has 2 rings (SSSR count). The molecule has 0 aromatic carbocycles. The summed E-state index contributed by atoms with van der Waals surface area (Å²) in [6.07, 6.45) is 6.58. The van der Waals surface area contributed by atoms with Crippen LogP contribution in [-0.4, -0.2) is 40.8 Å². The predicted octanol–water partition coefficient (Wildman–Crippen LogP) is 1.53. The molecule has 1 aliphatic heterocycles. The Morgan fingerprint density at radius 3 is 2.57 bits per heavy atom. The van der Waals surface area contributed by atoms with Gasteiger partial charge in [-0.2, -0.15) is 0 Å². The molecule has 6 heteroatoms. The number of carbonyl (C=O) groups excluding carboxylic acids is 2. The molecule has 3 N–H and O–H groups in total. The van der Waals surface area contributed by atoms with Gasteiger partial charge in [0.2, 0.25) is 11.8 Å². The summed E-state index contributed by atoms with van der Waals surface area (Å²) >= 11 is 1.82. The monoisotopic (exact) mass is 313 g/mol. The summed E-state index contributed by atoms with van der Waals surface area (Å²) in [4.78, 5) is 25.6. The summed E-state index contributed by atoms with van der Waals surface area (Å²) in [7, 11) is 0. The van der Waals surface area contributed by atoms with Crippen LogP contribution >= 0.6 is 11.8 Å². The van der Waals surface area contributed by atoms with Gasteiger partial charge in [-0.3, -0.25) is 15.0 Å². The Balaban J connectivity index is 1.68. The van der Waals surface area contributed by atoms with E-state index in [1.165, 1.54) is 25.7 Å². The van der Waals surface area contributed by atoms with Crippen LogP contribution in [0.25, 0.3) is 0 Å². The highest BCUT2D eigenvalue weighted by molar-refractivity contribution is 8.00. The number of likely N-dealkylation sites (tertiary alicyclic amines) is 1. The number of hydrazine groups is 1. The number of piperidine rings is 1. The Morgan fingerprint density at radius 2 is 1.95 bits per heavy atom. The molecule has 120 valence electrons. The van der Waals surface area contributed by atoms with Crippen LogP contribution < -0.4 is 11.3 Å². The minimum atomic E-state index is -0.104. The van der Waals surface area contributed by atoms with Gasteiger partial charge in [-0.25, -0.2) is 5.84 Å². The Morgan fingerprint density at radius 1 is 1.24 bits per heavy atom. The van der Waals surface area contributed by atoms with Crippen molar-refractivity contribution in [2.75, 3.05) is 18.8 Å². The Hall–Kier alpha value is -0.750. The Labute approximate surface area is 131 Å². The van der Waals surface area contributed by atoms with Crippen LogP contribution in [0.4, 0.5) is 0 Å². The van der Waals surface area contributed by atoms with Crippen molar-refractivity contribution in [1.29, 1.82) is 0 Å². The van der Waals surface area contributed by atoms with E-state index < -0.39 is 0 Å². The largest absolute Gasteiger partial charge is 0.342 e. The smallest absolute Gasteiger partial charge is 0.237 e. The zero-order chi connectivity index (χ0) is 15.2. The maximum Gasteiger partial charge on any atom is 0.237 e. The molecule has 2 unspecified atom stereocenters. The SMILES string of the molecule is CC1CCCC(SCC(=O)N2CCC(C(=O)NN)CC2)C1. The highest BCUT2D eigenvalue weighted by Gasteiger charge is 2.27. The van der Waals surface area contributed by atoms with Gasteiger partial charge in [-0.15, -0.1) is 11.8 Å². The van der Waals surface area contributed by atoms with Crippen molar-refractivity contribution in [2.24, 2.45) is 17.7 Å². The molecule has 0 radical (unpaired) electrons. The molecule has 1 heterocycles. The van der Waals surface area contributed by atoms with Crippen molar-refractivity contribution >= 4 is 23.6 Å². The summed E-state index contributed by atoms with van der Waals surface area (Å²) in [6, 6.07) is 0. The third-order valence-electron chi connectivity index (χ3n) is 4.69. The average Bonchev–Trinajstić information content (AvgIpc) is 2.52. The number of nitrogens with one attached hydrogen (secondary N) is 1. The molecule has 0 spiro atoms. The van der Waals surface area contributed by atoms with Crippen LogP contribution in [0.5, 0.6) is 0 Å².